The Labute approximate surface area is 161 Å². The summed E-state index contributed by atoms with van der Waals surface area (Å²) in [5, 5.41) is 0. The van der Waals surface area contributed by atoms with Crippen LogP contribution in [0, 0.1) is 5.92 Å². The van der Waals surface area contributed by atoms with Crippen molar-refractivity contribution < 1.29 is 14.2 Å². The highest BCUT2D eigenvalue weighted by Gasteiger charge is 2.57. The van der Waals surface area contributed by atoms with Crippen molar-refractivity contribution in [3.05, 3.63) is 41.0 Å². The molecule has 6 rings (SSSR count). The lowest BCUT2D eigenvalue weighted by Gasteiger charge is -2.57. The van der Waals surface area contributed by atoms with Crippen LogP contribution >= 0.6 is 0 Å². The number of hydrogen-bond donors (Lipinski definition) is 0. The molecular formula is C23H29NO3. The van der Waals surface area contributed by atoms with Crippen molar-refractivity contribution in [3.8, 4) is 5.75 Å². The molecule has 0 aromatic heterocycles. The van der Waals surface area contributed by atoms with E-state index < -0.39 is 5.79 Å². The van der Waals surface area contributed by atoms with Gasteiger partial charge in [0.1, 0.15) is 5.75 Å². The van der Waals surface area contributed by atoms with Crippen LogP contribution < -0.4 is 4.74 Å². The first kappa shape index (κ1) is 16.6. The van der Waals surface area contributed by atoms with Crippen molar-refractivity contribution >= 4 is 0 Å². The molecule has 144 valence electrons. The molecule has 1 spiro atoms. The third-order valence-corrected chi connectivity index (χ3v) is 7.63. The normalized spacial score (nSPS) is 34.1. The van der Waals surface area contributed by atoms with E-state index in [9.17, 15) is 0 Å². The van der Waals surface area contributed by atoms with Crippen molar-refractivity contribution in [2.75, 3.05) is 33.4 Å². The van der Waals surface area contributed by atoms with Gasteiger partial charge in [-0.05, 0) is 67.0 Å². The predicted octanol–water partition coefficient (Wildman–Crippen LogP) is 3.44. The van der Waals surface area contributed by atoms with E-state index in [-0.39, 0.29) is 5.41 Å². The molecule has 0 N–H and O–H groups in total. The maximum absolute atomic E-state index is 6.18. The molecule has 27 heavy (non-hydrogen) atoms. The van der Waals surface area contributed by atoms with Gasteiger partial charge in [0, 0.05) is 30.8 Å². The van der Waals surface area contributed by atoms with Gasteiger partial charge in [-0.15, -0.1) is 0 Å². The first-order chi connectivity index (χ1) is 13.2. The summed E-state index contributed by atoms with van der Waals surface area (Å²) in [6.07, 6.45) is 9.49. The van der Waals surface area contributed by atoms with E-state index in [1.807, 2.05) is 0 Å². The second kappa shape index (κ2) is 5.82. The maximum atomic E-state index is 6.18. The maximum Gasteiger partial charge on any atom is 0.173 e. The molecule has 1 aromatic rings. The molecule has 1 aromatic carbocycles. The summed E-state index contributed by atoms with van der Waals surface area (Å²) >= 11 is 0. The lowest BCUT2D eigenvalue weighted by atomic mass is 9.55. The Balaban J connectivity index is 1.48. The molecule has 2 bridgehead atoms. The molecule has 4 heteroatoms. The second-order valence-corrected chi connectivity index (χ2v) is 9.16. The predicted molar refractivity (Wildman–Crippen MR) is 103 cm³/mol. The Morgan fingerprint density at radius 1 is 1.22 bits per heavy atom. The molecule has 2 aliphatic heterocycles. The minimum atomic E-state index is -0.412. The van der Waals surface area contributed by atoms with Gasteiger partial charge >= 0.3 is 0 Å². The van der Waals surface area contributed by atoms with Crippen molar-refractivity contribution in [1.29, 1.82) is 0 Å². The van der Waals surface area contributed by atoms with Gasteiger partial charge in [0.25, 0.3) is 0 Å². The highest BCUT2D eigenvalue weighted by molar-refractivity contribution is 5.54. The van der Waals surface area contributed by atoms with Gasteiger partial charge < -0.3 is 14.2 Å². The fourth-order valence-corrected chi connectivity index (χ4v) is 6.18. The quantitative estimate of drug-likeness (QED) is 0.766. The standard InChI is InChI=1S/C23H29NO3/c1-25-18-5-4-17-12-21-19-6-7-23(26-10-11-27-23)15-22(19,20(17)13-18)8-9-24(21)14-16-2-3-16/h4-6,13,16,21H,2-3,7-12,14-15H2,1H3/t21-,22?/m1/s1. The number of benzene rings is 1. The largest absolute Gasteiger partial charge is 0.497 e. The van der Waals surface area contributed by atoms with Crippen LogP contribution in [0.1, 0.15) is 43.2 Å². The van der Waals surface area contributed by atoms with Gasteiger partial charge in [-0.3, -0.25) is 4.90 Å². The summed E-state index contributed by atoms with van der Waals surface area (Å²) < 4.78 is 18.0. The average Bonchev–Trinajstić information content (AvgIpc) is 3.41. The van der Waals surface area contributed by atoms with Crippen molar-refractivity contribution in [3.63, 3.8) is 0 Å². The van der Waals surface area contributed by atoms with Crippen LogP contribution in [0.25, 0.3) is 0 Å². The monoisotopic (exact) mass is 367 g/mol. The van der Waals surface area contributed by atoms with E-state index in [0.717, 1.165) is 50.6 Å². The van der Waals surface area contributed by atoms with Gasteiger partial charge in [-0.1, -0.05) is 12.1 Å². The Hall–Kier alpha value is -1.36. The van der Waals surface area contributed by atoms with Gasteiger partial charge in [0.2, 0.25) is 0 Å². The van der Waals surface area contributed by atoms with E-state index >= 15 is 0 Å². The molecule has 3 fully saturated rings. The van der Waals surface area contributed by atoms with E-state index in [1.165, 1.54) is 37.1 Å². The number of hydrogen-bond acceptors (Lipinski definition) is 4. The van der Waals surface area contributed by atoms with Crippen molar-refractivity contribution in [2.45, 2.75) is 55.8 Å². The van der Waals surface area contributed by atoms with Gasteiger partial charge in [0.15, 0.2) is 5.79 Å². The second-order valence-electron chi connectivity index (χ2n) is 9.16. The summed E-state index contributed by atoms with van der Waals surface area (Å²) in [6.45, 7) is 3.91. The van der Waals surface area contributed by atoms with Gasteiger partial charge in [-0.2, -0.15) is 0 Å². The number of likely N-dealkylation sites (tertiary alicyclic amines) is 1. The summed E-state index contributed by atoms with van der Waals surface area (Å²) in [6, 6.07) is 7.28. The number of piperidine rings is 1. The lowest BCUT2D eigenvalue weighted by molar-refractivity contribution is -0.176. The number of methoxy groups -OCH3 is 1. The molecule has 4 nitrogen and oxygen atoms in total. The summed E-state index contributed by atoms with van der Waals surface area (Å²) in [5.41, 5.74) is 4.65. The van der Waals surface area contributed by atoms with Crippen LogP contribution in [-0.4, -0.2) is 50.1 Å². The number of fused-ring (bicyclic) bond motifs is 1. The third-order valence-electron chi connectivity index (χ3n) is 7.63. The zero-order chi connectivity index (χ0) is 18.1. The van der Waals surface area contributed by atoms with Gasteiger partial charge in [-0.25, -0.2) is 0 Å². The molecule has 1 saturated carbocycles. The molecule has 3 aliphatic carbocycles. The molecule has 2 saturated heterocycles. The molecule has 1 unspecified atom stereocenters. The molecule has 2 atom stereocenters. The first-order valence-electron chi connectivity index (χ1n) is 10.6. The Morgan fingerprint density at radius 3 is 2.85 bits per heavy atom. The van der Waals surface area contributed by atoms with Crippen LogP contribution in [0.15, 0.2) is 29.8 Å². The molecular weight excluding hydrogens is 338 g/mol. The zero-order valence-electron chi connectivity index (χ0n) is 16.2. The SMILES string of the molecule is COc1ccc2c(c1)C13CCN(CC4CC4)[C@H](C2)C1=CCC1(C3)OCCO1. The summed E-state index contributed by atoms with van der Waals surface area (Å²) in [7, 11) is 1.77. The Kier molecular flexibility index (Phi) is 3.57. The fourth-order valence-electron chi connectivity index (χ4n) is 6.18. The molecule has 2 heterocycles. The van der Waals surface area contributed by atoms with Crippen LogP contribution in [0.4, 0.5) is 0 Å². The minimum absolute atomic E-state index is 0.0510. The van der Waals surface area contributed by atoms with Crippen molar-refractivity contribution in [1.82, 2.24) is 4.90 Å². The molecule has 0 amide bonds. The van der Waals surface area contributed by atoms with Crippen LogP contribution in [0.3, 0.4) is 0 Å². The number of ether oxygens (including phenoxy) is 3. The highest BCUT2D eigenvalue weighted by Crippen LogP contribution is 2.57. The molecule has 0 radical (unpaired) electrons. The summed E-state index contributed by atoms with van der Waals surface area (Å²) in [4.78, 5) is 2.78. The van der Waals surface area contributed by atoms with E-state index in [4.69, 9.17) is 14.2 Å². The fraction of sp³-hybridized carbons (Fsp3) is 0.652. The van der Waals surface area contributed by atoms with Crippen LogP contribution in [-0.2, 0) is 21.3 Å². The minimum Gasteiger partial charge on any atom is -0.497 e. The van der Waals surface area contributed by atoms with E-state index in [2.05, 4.69) is 29.2 Å². The van der Waals surface area contributed by atoms with E-state index in [0.29, 0.717) is 6.04 Å². The third kappa shape index (κ3) is 2.46. The Bertz CT molecular complexity index is 793. The highest BCUT2D eigenvalue weighted by atomic mass is 16.7. The smallest absolute Gasteiger partial charge is 0.173 e. The number of nitrogens with zero attached hydrogens (tertiary/aromatic N) is 1. The average molecular weight is 367 g/mol. The van der Waals surface area contributed by atoms with Crippen molar-refractivity contribution in [2.24, 2.45) is 5.92 Å². The molecule has 5 aliphatic rings. The topological polar surface area (TPSA) is 30.9 Å². The zero-order valence-corrected chi connectivity index (χ0v) is 16.2. The first-order valence-corrected chi connectivity index (χ1v) is 10.6. The van der Waals surface area contributed by atoms with Crippen LogP contribution in [0.5, 0.6) is 5.75 Å². The van der Waals surface area contributed by atoms with E-state index in [1.54, 1.807) is 12.7 Å². The Morgan fingerprint density at radius 2 is 2.07 bits per heavy atom. The summed E-state index contributed by atoms with van der Waals surface area (Å²) in [5.74, 6) is 1.49. The van der Waals surface area contributed by atoms with Crippen LogP contribution in [0.2, 0.25) is 0 Å². The lowest BCUT2D eigenvalue weighted by Crippen LogP contribution is -2.59. The van der Waals surface area contributed by atoms with Gasteiger partial charge in [0.05, 0.1) is 20.3 Å². The number of rotatable bonds is 3.